The van der Waals surface area contributed by atoms with Crippen LogP contribution in [0, 0.1) is 0 Å². The van der Waals surface area contributed by atoms with E-state index in [1.165, 1.54) is 12.8 Å². The molecular weight excluding hydrogens is 519 g/mol. The van der Waals surface area contributed by atoms with Gasteiger partial charge >= 0.3 is 0 Å². The molecule has 1 aliphatic heterocycles. The van der Waals surface area contributed by atoms with Crippen LogP contribution in [0.2, 0.25) is 0 Å². The number of fused-ring (bicyclic) bond motifs is 1. The Labute approximate surface area is 207 Å². The number of aromatic nitrogens is 3. The van der Waals surface area contributed by atoms with Gasteiger partial charge in [-0.1, -0.05) is 6.92 Å². The van der Waals surface area contributed by atoms with Crippen LogP contribution in [0.15, 0.2) is 23.2 Å². The molecule has 2 aromatic rings. The van der Waals surface area contributed by atoms with Crippen molar-refractivity contribution in [3.05, 3.63) is 35.4 Å². The first-order valence-electron chi connectivity index (χ1n) is 11.4. The van der Waals surface area contributed by atoms with Gasteiger partial charge in [-0.25, -0.2) is 9.67 Å². The number of nitrogens with zero attached hydrogens (tertiary/aromatic N) is 4. The highest BCUT2D eigenvalue weighted by molar-refractivity contribution is 14.0. The highest BCUT2D eigenvalue weighted by Crippen LogP contribution is 2.30. The molecule has 0 amide bonds. The monoisotopic (exact) mass is 554 g/mol. The number of guanidine groups is 1. The van der Waals surface area contributed by atoms with E-state index >= 15 is 0 Å². The van der Waals surface area contributed by atoms with Crippen molar-refractivity contribution in [2.75, 3.05) is 14.2 Å². The van der Waals surface area contributed by atoms with Crippen LogP contribution in [0.25, 0.3) is 0 Å². The second-order valence-electron chi connectivity index (χ2n) is 8.28. The maximum atomic E-state index is 6.32. The number of halogens is 1. The van der Waals surface area contributed by atoms with Crippen LogP contribution in [0.3, 0.4) is 0 Å². The molecule has 1 aromatic carbocycles. The molecule has 0 spiro atoms. The van der Waals surface area contributed by atoms with Gasteiger partial charge in [0.05, 0.1) is 19.8 Å². The number of ether oxygens (including phenoxy) is 2. The smallest absolute Gasteiger partial charge is 0.191 e. The molecule has 1 unspecified atom stereocenters. The molecule has 1 atom stereocenters. The number of benzene rings is 1. The zero-order chi connectivity index (χ0) is 21.6. The SMILES string of the molecule is CCc1nc2n(n1)CC(NC(=NC)NCc1ccc(OC)cc1OC1CCCC1)CC2.I. The van der Waals surface area contributed by atoms with Crippen LogP contribution >= 0.6 is 24.0 Å². The Morgan fingerprint density at radius 1 is 1.25 bits per heavy atom. The molecule has 176 valence electrons. The summed E-state index contributed by atoms with van der Waals surface area (Å²) >= 11 is 0. The summed E-state index contributed by atoms with van der Waals surface area (Å²) in [6.45, 7) is 3.53. The third-order valence-electron chi connectivity index (χ3n) is 6.10. The summed E-state index contributed by atoms with van der Waals surface area (Å²) in [5, 5.41) is 11.6. The zero-order valence-electron chi connectivity index (χ0n) is 19.3. The Morgan fingerprint density at radius 3 is 2.78 bits per heavy atom. The molecule has 0 radical (unpaired) electrons. The second kappa shape index (κ2) is 11.7. The van der Waals surface area contributed by atoms with Gasteiger partial charge in [0.1, 0.15) is 17.3 Å². The number of methoxy groups -OCH3 is 1. The molecule has 2 N–H and O–H groups in total. The van der Waals surface area contributed by atoms with Crippen LogP contribution in [-0.2, 0) is 25.9 Å². The predicted molar refractivity (Wildman–Crippen MR) is 136 cm³/mol. The van der Waals surface area contributed by atoms with Crippen molar-refractivity contribution >= 4 is 29.9 Å². The summed E-state index contributed by atoms with van der Waals surface area (Å²) in [5.41, 5.74) is 1.10. The first kappa shape index (κ1) is 24.6. The summed E-state index contributed by atoms with van der Waals surface area (Å²) in [6, 6.07) is 6.31. The minimum absolute atomic E-state index is 0. The Hall–Kier alpha value is -2.04. The van der Waals surface area contributed by atoms with E-state index in [0.29, 0.717) is 12.6 Å². The standard InChI is InChI=1S/C23H34N6O2.HI/c1-4-21-27-22-12-10-17(15-29(22)28-21)26-23(24-2)25-14-16-9-11-19(30-3)13-20(16)31-18-7-5-6-8-18;/h9,11,13,17-18H,4-8,10,12,14-15H2,1-3H3,(H2,24,25,26);1H. The second-order valence-corrected chi connectivity index (χ2v) is 8.28. The van der Waals surface area contributed by atoms with Gasteiger partial charge < -0.3 is 20.1 Å². The van der Waals surface area contributed by atoms with Crippen molar-refractivity contribution in [2.24, 2.45) is 4.99 Å². The molecule has 2 heterocycles. The summed E-state index contributed by atoms with van der Waals surface area (Å²) in [6.07, 6.45) is 7.85. The number of nitrogens with one attached hydrogen (secondary N) is 2. The topological polar surface area (TPSA) is 85.6 Å². The lowest BCUT2D eigenvalue weighted by Crippen LogP contribution is -2.46. The molecule has 1 saturated carbocycles. The fourth-order valence-corrected chi connectivity index (χ4v) is 4.30. The Morgan fingerprint density at radius 2 is 2.06 bits per heavy atom. The van der Waals surface area contributed by atoms with E-state index in [0.717, 1.165) is 73.3 Å². The van der Waals surface area contributed by atoms with E-state index in [4.69, 9.17) is 9.47 Å². The summed E-state index contributed by atoms with van der Waals surface area (Å²) in [7, 11) is 3.49. The number of aliphatic imine (C=N–C) groups is 1. The molecular formula is C23H35IN6O2. The van der Waals surface area contributed by atoms with Gasteiger partial charge in [0.15, 0.2) is 11.8 Å². The van der Waals surface area contributed by atoms with Gasteiger partial charge in [0, 0.05) is 44.1 Å². The summed E-state index contributed by atoms with van der Waals surface area (Å²) < 4.78 is 13.8. The third kappa shape index (κ3) is 6.05. The average Bonchev–Trinajstić information content (AvgIpc) is 3.46. The van der Waals surface area contributed by atoms with Crippen molar-refractivity contribution in [1.29, 1.82) is 0 Å². The van der Waals surface area contributed by atoms with Crippen molar-refractivity contribution < 1.29 is 9.47 Å². The first-order valence-corrected chi connectivity index (χ1v) is 11.4. The van der Waals surface area contributed by atoms with E-state index in [9.17, 15) is 0 Å². The molecule has 32 heavy (non-hydrogen) atoms. The number of hydrogen-bond donors (Lipinski definition) is 2. The van der Waals surface area contributed by atoms with Gasteiger partial charge in [0.2, 0.25) is 0 Å². The minimum atomic E-state index is 0. The lowest BCUT2D eigenvalue weighted by molar-refractivity contribution is 0.207. The zero-order valence-corrected chi connectivity index (χ0v) is 21.6. The lowest BCUT2D eigenvalue weighted by atomic mass is 10.1. The average molecular weight is 554 g/mol. The number of rotatable bonds is 7. The number of aryl methyl sites for hydroxylation is 2. The van der Waals surface area contributed by atoms with E-state index < -0.39 is 0 Å². The van der Waals surface area contributed by atoms with E-state index in [-0.39, 0.29) is 30.0 Å². The first-order chi connectivity index (χ1) is 15.2. The van der Waals surface area contributed by atoms with Gasteiger partial charge in [-0.3, -0.25) is 4.99 Å². The molecule has 0 saturated heterocycles. The van der Waals surface area contributed by atoms with Gasteiger partial charge in [-0.05, 0) is 44.2 Å². The molecule has 1 aliphatic carbocycles. The Kier molecular flexibility index (Phi) is 9.01. The Bertz CT molecular complexity index is 910. The third-order valence-corrected chi connectivity index (χ3v) is 6.10. The molecule has 1 aromatic heterocycles. The Balaban J connectivity index is 0.00000289. The van der Waals surface area contributed by atoms with Crippen molar-refractivity contribution in [1.82, 2.24) is 25.4 Å². The number of hydrogen-bond acceptors (Lipinski definition) is 5. The fraction of sp³-hybridized carbons (Fsp3) is 0.609. The van der Waals surface area contributed by atoms with E-state index in [1.807, 2.05) is 16.8 Å². The lowest BCUT2D eigenvalue weighted by Gasteiger charge is -2.25. The highest BCUT2D eigenvalue weighted by Gasteiger charge is 2.22. The maximum absolute atomic E-state index is 6.32. The molecule has 0 bridgehead atoms. The van der Waals surface area contributed by atoms with Crippen molar-refractivity contribution in [2.45, 2.75) is 77.1 Å². The van der Waals surface area contributed by atoms with E-state index in [2.05, 4.69) is 38.7 Å². The largest absolute Gasteiger partial charge is 0.497 e. The predicted octanol–water partition coefficient (Wildman–Crippen LogP) is 3.47. The van der Waals surface area contributed by atoms with Crippen LogP contribution in [0.4, 0.5) is 0 Å². The van der Waals surface area contributed by atoms with Crippen LogP contribution in [0.1, 0.15) is 56.2 Å². The van der Waals surface area contributed by atoms with E-state index in [1.54, 1.807) is 14.2 Å². The van der Waals surface area contributed by atoms with Crippen LogP contribution < -0.4 is 20.1 Å². The normalized spacial score (nSPS) is 18.6. The maximum Gasteiger partial charge on any atom is 0.191 e. The van der Waals surface area contributed by atoms with Gasteiger partial charge in [-0.15, -0.1) is 24.0 Å². The molecule has 1 fully saturated rings. The van der Waals surface area contributed by atoms with Gasteiger partial charge in [-0.2, -0.15) is 5.10 Å². The summed E-state index contributed by atoms with van der Waals surface area (Å²) in [5.74, 6) is 4.51. The quantitative estimate of drug-likeness (QED) is 0.310. The molecule has 4 rings (SSSR count). The molecule has 8 nitrogen and oxygen atoms in total. The fourth-order valence-electron chi connectivity index (χ4n) is 4.30. The summed E-state index contributed by atoms with van der Waals surface area (Å²) in [4.78, 5) is 9.02. The molecule has 2 aliphatic rings. The van der Waals surface area contributed by atoms with Gasteiger partial charge in [0.25, 0.3) is 0 Å². The van der Waals surface area contributed by atoms with Crippen LogP contribution in [0.5, 0.6) is 11.5 Å². The highest BCUT2D eigenvalue weighted by atomic mass is 127. The minimum Gasteiger partial charge on any atom is -0.497 e. The van der Waals surface area contributed by atoms with Crippen molar-refractivity contribution in [3.8, 4) is 11.5 Å². The van der Waals surface area contributed by atoms with Crippen LogP contribution in [-0.4, -0.2) is 47.0 Å². The van der Waals surface area contributed by atoms with Crippen molar-refractivity contribution in [3.63, 3.8) is 0 Å². The molecule has 9 heteroatoms.